The number of hydrogen-bond donors (Lipinski definition) is 1. The van der Waals surface area contributed by atoms with Gasteiger partial charge in [-0.1, -0.05) is 46.3 Å². The van der Waals surface area contributed by atoms with E-state index < -0.39 is 34.8 Å². The number of anilines is 1. The summed E-state index contributed by atoms with van der Waals surface area (Å²) < 4.78 is 73.4. The third kappa shape index (κ3) is 4.73. The van der Waals surface area contributed by atoms with E-state index in [2.05, 4.69) is 21.0 Å². The van der Waals surface area contributed by atoms with Gasteiger partial charge in [-0.3, -0.25) is 5.43 Å². The first-order valence-electron chi connectivity index (χ1n) is 8.15. The van der Waals surface area contributed by atoms with Crippen LogP contribution in [0.3, 0.4) is 0 Å². The van der Waals surface area contributed by atoms with Crippen LogP contribution in [0.5, 0.6) is 5.75 Å². The molecule has 3 aromatic carbocycles. The van der Waals surface area contributed by atoms with Gasteiger partial charge in [-0.2, -0.15) is 5.10 Å². The zero-order chi connectivity index (χ0) is 21.0. The fraction of sp³-hybridized carbons (Fsp3) is 0.0500. The lowest BCUT2D eigenvalue weighted by molar-refractivity contribution is 0.306. The van der Waals surface area contributed by atoms with Crippen LogP contribution < -0.4 is 10.2 Å². The van der Waals surface area contributed by atoms with Crippen LogP contribution in [0.1, 0.15) is 11.1 Å². The van der Waals surface area contributed by atoms with E-state index >= 15 is 0 Å². The monoisotopic (exact) mass is 470 g/mol. The molecular formula is C20H12BrF5N2O. The van der Waals surface area contributed by atoms with Crippen molar-refractivity contribution in [3.8, 4) is 5.75 Å². The number of halogens is 6. The second kappa shape index (κ2) is 9.04. The van der Waals surface area contributed by atoms with E-state index in [1.165, 1.54) is 0 Å². The zero-order valence-corrected chi connectivity index (χ0v) is 16.1. The first-order valence-corrected chi connectivity index (χ1v) is 8.94. The van der Waals surface area contributed by atoms with Gasteiger partial charge in [0.1, 0.15) is 18.0 Å². The van der Waals surface area contributed by atoms with E-state index in [4.69, 9.17) is 4.74 Å². The Morgan fingerprint density at radius 2 is 1.48 bits per heavy atom. The zero-order valence-electron chi connectivity index (χ0n) is 14.5. The molecule has 0 atom stereocenters. The number of benzene rings is 3. The first-order chi connectivity index (χ1) is 13.9. The van der Waals surface area contributed by atoms with Gasteiger partial charge in [0.25, 0.3) is 0 Å². The quantitative estimate of drug-likeness (QED) is 0.153. The number of nitrogens with zero attached hydrogens (tertiary/aromatic N) is 1. The highest BCUT2D eigenvalue weighted by atomic mass is 79.9. The molecular weight excluding hydrogens is 459 g/mol. The van der Waals surface area contributed by atoms with Crippen molar-refractivity contribution >= 4 is 27.8 Å². The lowest BCUT2D eigenvalue weighted by atomic mass is 10.2. The Morgan fingerprint density at radius 1 is 0.862 bits per heavy atom. The Morgan fingerprint density at radius 3 is 2.14 bits per heavy atom. The van der Waals surface area contributed by atoms with Gasteiger partial charge in [0.15, 0.2) is 23.3 Å². The maximum atomic E-state index is 13.7. The highest BCUT2D eigenvalue weighted by molar-refractivity contribution is 9.10. The van der Waals surface area contributed by atoms with Crippen molar-refractivity contribution in [1.29, 1.82) is 0 Å². The Labute approximate surface area is 170 Å². The van der Waals surface area contributed by atoms with Crippen LogP contribution in [-0.2, 0) is 6.61 Å². The minimum atomic E-state index is -2.24. The molecule has 0 saturated carbocycles. The van der Waals surface area contributed by atoms with Crippen LogP contribution in [0.4, 0.5) is 27.6 Å². The summed E-state index contributed by atoms with van der Waals surface area (Å²) >= 11 is 3.28. The summed E-state index contributed by atoms with van der Waals surface area (Å²) in [5.74, 6) is -9.97. The van der Waals surface area contributed by atoms with Gasteiger partial charge in [0.2, 0.25) is 5.82 Å². The van der Waals surface area contributed by atoms with Crippen molar-refractivity contribution in [2.45, 2.75) is 6.61 Å². The molecule has 1 N–H and O–H groups in total. The summed E-state index contributed by atoms with van der Waals surface area (Å²) in [6.07, 6.45) is 1.14. The second-order valence-electron chi connectivity index (χ2n) is 5.77. The Hall–Kier alpha value is -2.94. The van der Waals surface area contributed by atoms with E-state index in [9.17, 15) is 22.0 Å². The normalized spacial score (nSPS) is 11.1. The lowest BCUT2D eigenvalue weighted by Gasteiger charge is -2.10. The standard InChI is InChI=1S/C20H12BrF5N2O/c21-13-6-7-14(29-10-11-4-2-1-3-5-11)12(8-13)9-27-28-20-18(25)16(23)15(22)17(24)19(20)26/h1-9,28H,10H2/b27-9-. The summed E-state index contributed by atoms with van der Waals surface area (Å²) in [6, 6.07) is 14.3. The SMILES string of the molecule is Fc1c(F)c(F)c(N/N=C\c2cc(Br)ccc2OCc2ccccc2)c(F)c1F. The molecule has 0 fully saturated rings. The maximum absolute atomic E-state index is 13.7. The van der Waals surface area contributed by atoms with Gasteiger partial charge in [-0.25, -0.2) is 22.0 Å². The molecule has 9 heteroatoms. The van der Waals surface area contributed by atoms with Crippen LogP contribution in [0, 0.1) is 29.1 Å². The average Bonchev–Trinajstić information content (AvgIpc) is 2.73. The van der Waals surface area contributed by atoms with Gasteiger partial charge >= 0.3 is 0 Å². The van der Waals surface area contributed by atoms with Crippen molar-refractivity contribution < 1.29 is 26.7 Å². The molecule has 0 amide bonds. The van der Waals surface area contributed by atoms with E-state index in [0.29, 0.717) is 15.8 Å². The van der Waals surface area contributed by atoms with Crippen LogP contribution in [-0.4, -0.2) is 6.21 Å². The van der Waals surface area contributed by atoms with Crippen molar-refractivity contribution in [3.05, 3.63) is 93.2 Å². The predicted molar refractivity (Wildman–Crippen MR) is 102 cm³/mol. The maximum Gasteiger partial charge on any atom is 0.200 e. The van der Waals surface area contributed by atoms with Crippen LogP contribution in [0.25, 0.3) is 0 Å². The number of rotatable bonds is 6. The minimum absolute atomic E-state index is 0.258. The predicted octanol–water partition coefficient (Wildman–Crippen LogP) is 6.17. The molecule has 3 aromatic rings. The summed E-state index contributed by atoms with van der Waals surface area (Å²) in [5, 5.41) is 3.59. The average molecular weight is 471 g/mol. The highest BCUT2D eigenvalue weighted by Gasteiger charge is 2.25. The molecule has 150 valence electrons. The molecule has 3 nitrogen and oxygen atoms in total. The lowest BCUT2D eigenvalue weighted by Crippen LogP contribution is -2.06. The molecule has 0 aliphatic rings. The van der Waals surface area contributed by atoms with Crippen molar-refractivity contribution in [1.82, 2.24) is 0 Å². The molecule has 0 heterocycles. The van der Waals surface area contributed by atoms with Gasteiger partial charge in [0, 0.05) is 10.0 Å². The molecule has 0 aliphatic heterocycles. The Bertz CT molecular complexity index is 1030. The minimum Gasteiger partial charge on any atom is -0.488 e. The van der Waals surface area contributed by atoms with Crippen molar-refractivity contribution in [2.75, 3.05) is 5.43 Å². The number of hydrogen-bond acceptors (Lipinski definition) is 3. The Balaban J connectivity index is 1.82. The molecule has 0 unspecified atom stereocenters. The molecule has 0 radical (unpaired) electrons. The third-order valence-electron chi connectivity index (χ3n) is 3.80. The van der Waals surface area contributed by atoms with E-state index in [0.717, 1.165) is 11.8 Å². The van der Waals surface area contributed by atoms with Gasteiger partial charge < -0.3 is 4.74 Å². The number of hydrazone groups is 1. The number of ether oxygens (including phenoxy) is 1. The van der Waals surface area contributed by atoms with Gasteiger partial charge in [0.05, 0.1) is 6.21 Å². The molecule has 3 rings (SSSR count). The van der Waals surface area contributed by atoms with Gasteiger partial charge in [-0.15, -0.1) is 0 Å². The molecule has 0 spiro atoms. The van der Waals surface area contributed by atoms with E-state index in [-0.39, 0.29) is 6.61 Å². The molecule has 0 bridgehead atoms. The smallest absolute Gasteiger partial charge is 0.200 e. The molecule has 0 aliphatic carbocycles. The molecule has 0 saturated heterocycles. The topological polar surface area (TPSA) is 33.6 Å². The Kier molecular flexibility index (Phi) is 6.48. The summed E-state index contributed by atoms with van der Waals surface area (Å²) in [5.41, 5.74) is 1.93. The fourth-order valence-corrected chi connectivity index (χ4v) is 2.74. The number of nitrogens with one attached hydrogen (secondary N) is 1. The molecule has 0 aromatic heterocycles. The van der Waals surface area contributed by atoms with Crippen LogP contribution >= 0.6 is 15.9 Å². The van der Waals surface area contributed by atoms with Gasteiger partial charge in [-0.05, 0) is 23.8 Å². The van der Waals surface area contributed by atoms with Crippen LogP contribution in [0.15, 0.2) is 58.1 Å². The van der Waals surface area contributed by atoms with Crippen LogP contribution in [0.2, 0.25) is 0 Å². The summed E-state index contributed by atoms with van der Waals surface area (Å²) in [7, 11) is 0. The van der Waals surface area contributed by atoms with Crippen molar-refractivity contribution in [3.63, 3.8) is 0 Å². The van der Waals surface area contributed by atoms with E-state index in [1.807, 2.05) is 35.8 Å². The first kappa shape index (κ1) is 20.8. The highest BCUT2D eigenvalue weighted by Crippen LogP contribution is 2.27. The summed E-state index contributed by atoms with van der Waals surface area (Å²) in [4.78, 5) is 0. The second-order valence-corrected chi connectivity index (χ2v) is 6.69. The third-order valence-corrected chi connectivity index (χ3v) is 4.29. The molecule has 29 heavy (non-hydrogen) atoms. The largest absolute Gasteiger partial charge is 0.488 e. The summed E-state index contributed by atoms with van der Waals surface area (Å²) in [6.45, 7) is 0.258. The van der Waals surface area contributed by atoms with E-state index in [1.54, 1.807) is 18.2 Å². The fourth-order valence-electron chi connectivity index (χ4n) is 2.36. The van der Waals surface area contributed by atoms with Crippen molar-refractivity contribution in [2.24, 2.45) is 5.10 Å².